The third-order valence-electron chi connectivity index (χ3n) is 5.68. The highest BCUT2D eigenvalue weighted by Gasteiger charge is 2.22. The van der Waals surface area contributed by atoms with Crippen LogP contribution < -0.4 is 9.62 Å². The highest BCUT2D eigenvalue weighted by atomic mass is 32.2. The average Bonchev–Trinajstić information content (AvgIpc) is 2.72. The van der Waals surface area contributed by atoms with Crippen molar-refractivity contribution in [3.63, 3.8) is 0 Å². The Kier molecular flexibility index (Phi) is 7.73. The molecule has 1 aliphatic rings. The van der Waals surface area contributed by atoms with Gasteiger partial charge in [-0.1, -0.05) is 48.4 Å². The van der Waals surface area contributed by atoms with Crippen molar-refractivity contribution >= 4 is 21.6 Å². The second kappa shape index (κ2) is 10.3. The summed E-state index contributed by atoms with van der Waals surface area (Å²) in [7, 11) is -3.58. The van der Waals surface area contributed by atoms with Gasteiger partial charge in [0.1, 0.15) is 6.54 Å². The summed E-state index contributed by atoms with van der Waals surface area (Å²) in [5.74, 6) is -0.331. The van der Waals surface area contributed by atoms with Crippen LogP contribution in [0.15, 0.2) is 42.5 Å². The largest absolute Gasteiger partial charge is 0.350 e. The molecule has 0 aliphatic carbocycles. The lowest BCUT2D eigenvalue weighted by atomic mass is 10.1. The maximum absolute atomic E-state index is 12.5. The van der Waals surface area contributed by atoms with Gasteiger partial charge in [0.2, 0.25) is 15.9 Å². The van der Waals surface area contributed by atoms with Crippen LogP contribution in [0.25, 0.3) is 0 Å². The standard InChI is InChI=1S/C24H33N3O3S/c1-19-7-12-23(20(2)15-19)27(31(3,29)30)18-24(28)25-16-21-8-10-22(11-9-21)17-26-13-5-4-6-14-26/h7-12,15H,4-6,13-14,16-18H2,1-3H3,(H,25,28). The molecule has 0 bridgehead atoms. The molecule has 1 amide bonds. The number of likely N-dealkylation sites (tertiary alicyclic amines) is 1. The Balaban J connectivity index is 1.57. The van der Waals surface area contributed by atoms with E-state index in [1.165, 1.54) is 29.1 Å². The highest BCUT2D eigenvalue weighted by Crippen LogP contribution is 2.23. The van der Waals surface area contributed by atoms with Gasteiger partial charge in [-0.25, -0.2) is 8.42 Å². The maximum atomic E-state index is 12.5. The molecular weight excluding hydrogens is 410 g/mol. The number of hydrogen-bond donors (Lipinski definition) is 1. The predicted octanol–water partition coefficient (Wildman–Crippen LogP) is 3.37. The van der Waals surface area contributed by atoms with Crippen molar-refractivity contribution in [3.8, 4) is 0 Å². The lowest BCUT2D eigenvalue weighted by Crippen LogP contribution is -2.40. The predicted molar refractivity (Wildman–Crippen MR) is 126 cm³/mol. The number of hydrogen-bond acceptors (Lipinski definition) is 4. The van der Waals surface area contributed by atoms with Crippen molar-refractivity contribution in [2.45, 2.75) is 46.2 Å². The summed E-state index contributed by atoms with van der Waals surface area (Å²) in [6.07, 6.45) is 5.00. The first-order valence-electron chi connectivity index (χ1n) is 10.8. The summed E-state index contributed by atoms with van der Waals surface area (Å²) >= 11 is 0. The quantitative estimate of drug-likeness (QED) is 0.679. The molecule has 3 rings (SSSR count). The van der Waals surface area contributed by atoms with Crippen molar-refractivity contribution in [2.24, 2.45) is 0 Å². The fourth-order valence-electron chi connectivity index (χ4n) is 3.99. The first kappa shape index (κ1) is 23.3. The van der Waals surface area contributed by atoms with E-state index in [4.69, 9.17) is 0 Å². The van der Waals surface area contributed by atoms with Gasteiger partial charge in [0.25, 0.3) is 0 Å². The van der Waals surface area contributed by atoms with Crippen LogP contribution in [-0.2, 0) is 27.9 Å². The van der Waals surface area contributed by atoms with Gasteiger partial charge in [0, 0.05) is 13.1 Å². The Morgan fingerprint density at radius 1 is 1.00 bits per heavy atom. The summed E-state index contributed by atoms with van der Waals surface area (Å²) < 4.78 is 25.8. The zero-order chi connectivity index (χ0) is 22.4. The lowest BCUT2D eigenvalue weighted by molar-refractivity contribution is -0.119. The van der Waals surface area contributed by atoms with E-state index in [0.717, 1.165) is 42.6 Å². The van der Waals surface area contributed by atoms with Gasteiger partial charge in [-0.3, -0.25) is 14.0 Å². The number of nitrogens with one attached hydrogen (secondary N) is 1. The van der Waals surface area contributed by atoms with Crippen molar-refractivity contribution < 1.29 is 13.2 Å². The van der Waals surface area contributed by atoms with Crippen LogP contribution in [0.3, 0.4) is 0 Å². The number of sulfonamides is 1. The highest BCUT2D eigenvalue weighted by molar-refractivity contribution is 7.92. The third kappa shape index (κ3) is 6.80. The van der Waals surface area contributed by atoms with Crippen LogP contribution in [-0.4, -0.2) is 45.1 Å². The second-order valence-corrected chi connectivity index (χ2v) is 10.4. The summed E-state index contributed by atoms with van der Waals surface area (Å²) in [5, 5.41) is 2.85. The van der Waals surface area contributed by atoms with Gasteiger partial charge >= 0.3 is 0 Å². The van der Waals surface area contributed by atoms with E-state index < -0.39 is 10.0 Å². The molecule has 0 spiro atoms. The molecule has 1 heterocycles. The minimum absolute atomic E-state index is 0.240. The van der Waals surface area contributed by atoms with Crippen molar-refractivity contribution in [3.05, 3.63) is 64.7 Å². The number of anilines is 1. The Labute approximate surface area is 186 Å². The topological polar surface area (TPSA) is 69.7 Å². The van der Waals surface area contributed by atoms with Crippen LogP contribution in [0.4, 0.5) is 5.69 Å². The molecule has 7 heteroatoms. The number of piperidine rings is 1. The number of benzene rings is 2. The minimum atomic E-state index is -3.58. The lowest BCUT2D eigenvalue weighted by Gasteiger charge is -2.26. The second-order valence-electron chi connectivity index (χ2n) is 8.49. The Hall–Kier alpha value is -2.38. The van der Waals surface area contributed by atoms with Crippen LogP contribution in [0.5, 0.6) is 0 Å². The number of amides is 1. The molecule has 0 saturated carbocycles. The number of aryl methyl sites for hydroxylation is 2. The molecule has 2 aromatic carbocycles. The Bertz CT molecular complexity index is 997. The molecule has 168 valence electrons. The van der Waals surface area contributed by atoms with Crippen LogP contribution in [0.2, 0.25) is 0 Å². The molecule has 6 nitrogen and oxygen atoms in total. The van der Waals surface area contributed by atoms with Gasteiger partial charge in [0.15, 0.2) is 0 Å². The minimum Gasteiger partial charge on any atom is -0.350 e. The van der Waals surface area contributed by atoms with E-state index in [-0.39, 0.29) is 12.5 Å². The van der Waals surface area contributed by atoms with Gasteiger partial charge in [0.05, 0.1) is 11.9 Å². The Morgan fingerprint density at radius 2 is 1.65 bits per heavy atom. The molecule has 0 unspecified atom stereocenters. The van der Waals surface area contributed by atoms with E-state index in [1.807, 2.05) is 38.1 Å². The molecular formula is C24H33N3O3S. The molecule has 31 heavy (non-hydrogen) atoms. The summed E-state index contributed by atoms with van der Waals surface area (Å²) in [5.41, 5.74) is 4.67. The average molecular weight is 444 g/mol. The molecule has 1 aliphatic heterocycles. The zero-order valence-corrected chi connectivity index (χ0v) is 19.5. The number of carbonyl (C=O) groups is 1. The van der Waals surface area contributed by atoms with Crippen molar-refractivity contribution in [1.29, 1.82) is 0 Å². The van der Waals surface area contributed by atoms with E-state index in [1.54, 1.807) is 6.07 Å². The van der Waals surface area contributed by atoms with Crippen molar-refractivity contribution in [1.82, 2.24) is 10.2 Å². The molecule has 1 saturated heterocycles. The van der Waals surface area contributed by atoms with Gasteiger partial charge in [-0.2, -0.15) is 0 Å². The van der Waals surface area contributed by atoms with E-state index in [2.05, 4.69) is 22.3 Å². The van der Waals surface area contributed by atoms with E-state index >= 15 is 0 Å². The zero-order valence-electron chi connectivity index (χ0n) is 18.7. The number of nitrogens with zero attached hydrogens (tertiary/aromatic N) is 2. The Morgan fingerprint density at radius 3 is 2.26 bits per heavy atom. The molecule has 0 aromatic heterocycles. The van der Waals surface area contributed by atoms with Gasteiger partial charge < -0.3 is 5.32 Å². The van der Waals surface area contributed by atoms with E-state index in [0.29, 0.717) is 12.2 Å². The van der Waals surface area contributed by atoms with Crippen LogP contribution in [0.1, 0.15) is 41.5 Å². The SMILES string of the molecule is Cc1ccc(N(CC(=O)NCc2ccc(CN3CCCCC3)cc2)S(C)(=O)=O)c(C)c1. The first-order valence-corrected chi connectivity index (χ1v) is 12.7. The van der Waals surface area contributed by atoms with Gasteiger partial charge in [-0.15, -0.1) is 0 Å². The monoisotopic (exact) mass is 443 g/mol. The fourth-order valence-corrected chi connectivity index (χ4v) is 4.91. The number of rotatable bonds is 8. The molecule has 0 atom stereocenters. The normalized spacial score (nSPS) is 14.9. The van der Waals surface area contributed by atoms with Gasteiger partial charge in [-0.05, 0) is 62.5 Å². The maximum Gasteiger partial charge on any atom is 0.241 e. The van der Waals surface area contributed by atoms with Crippen LogP contribution in [0, 0.1) is 13.8 Å². The smallest absolute Gasteiger partial charge is 0.241 e. The molecule has 1 N–H and O–H groups in total. The third-order valence-corrected chi connectivity index (χ3v) is 6.80. The van der Waals surface area contributed by atoms with Crippen molar-refractivity contribution in [2.75, 3.05) is 30.2 Å². The summed E-state index contributed by atoms with van der Waals surface area (Å²) in [4.78, 5) is 15.0. The summed E-state index contributed by atoms with van der Waals surface area (Å²) in [6.45, 7) is 7.22. The molecule has 2 aromatic rings. The van der Waals surface area contributed by atoms with E-state index in [9.17, 15) is 13.2 Å². The fraction of sp³-hybridized carbons (Fsp3) is 0.458. The number of carbonyl (C=O) groups excluding carboxylic acids is 1. The first-order chi connectivity index (χ1) is 14.7. The molecule has 0 radical (unpaired) electrons. The molecule has 1 fully saturated rings. The van der Waals surface area contributed by atoms with Crippen LogP contribution >= 0.6 is 0 Å². The summed E-state index contributed by atoms with van der Waals surface area (Å²) in [6, 6.07) is 13.8.